The summed E-state index contributed by atoms with van der Waals surface area (Å²) in [6.07, 6.45) is 0.940. The minimum absolute atomic E-state index is 0.275. The number of benzene rings is 1. The molecule has 3 N–H and O–H groups in total. The fourth-order valence-corrected chi connectivity index (χ4v) is 2.82. The molecule has 1 aromatic rings. The third-order valence-electron chi connectivity index (χ3n) is 3.15. The van der Waals surface area contributed by atoms with E-state index in [2.05, 4.69) is 16.6 Å². The van der Waals surface area contributed by atoms with Gasteiger partial charge in [0.15, 0.2) is 0 Å². The number of hydrogen-bond donors (Lipinski definition) is 2. The molecular formula is C15H22N2O2S. The second-order valence-electron chi connectivity index (χ2n) is 4.85. The molecule has 0 saturated carbocycles. The molecule has 0 radical (unpaired) electrons. The van der Waals surface area contributed by atoms with Crippen LogP contribution < -0.4 is 10.5 Å². The van der Waals surface area contributed by atoms with Crippen molar-refractivity contribution in [3.05, 3.63) is 29.3 Å². The Morgan fingerprint density at radius 2 is 2.10 bits per heavy atom. The second-order valence-corrected chi connectivity index (χ2v) is 6.61. The van der Waals surface area contributed by atoms with Crippen LogP contribution in [0.15, 0.2) is 23.1 Å². The zero-order valence-corrected chi connectivity index (χ0v) is 13.0. The number of nitrogens with two attached hydrogens (primary N) is 1. The number of rotatable bonds is 5. The lowest BCUT2D eigenvalue weighted by Crippen LogP contribution is -2.28. The molecule has 5 heteroatoms. The molecule has 0 aliphatic carbocycles. The van der Waals surface area contributed by atoms with Crippen LogP contribution in [0.1, 0.15) is 31.4 Å². The zero-order valence-electron chi connectivity index (χ0n) is 12.2. The Labute approximate surface area is 121 Å². The molecule has 0 spiro atoms. The van der Waals surface area contributed by atoms with Gasteiger partial charge in [0.25, 0.3) is 0 Å². The van der Waals surface area contributed by atoms with Gasteiger partial charge in [-0.3, -0.25) is 0 Å². The van der Waals surface area contributed by atoms with Crippen LogP contribution in [0.25, 0.3) is 0 Å². The summed E-state index contributed by atoms with van der Waals surface area (Å²) in [6, 6.07) is 4.93. The van der Waals surface area contributed by atoms with Crippen molar-refractivity contribution in [1.29, 1.82) is 0 Å². The summed E-state index contributed by atoms with van der Waals surface area (Å²) in [5.74, 6) is 6.00. The van der Waals surface area contributed by atoms with Gasteiger partial charge in [-0.25, -0.2) is 13.1 Å². The van der Waals surface area contributed by atoms with Gasteiger partial charge in [-0.05, 0) is 36.6 Å². The summed E-state index contributed by atoms with van der Waals surface area (Å²) < 4.78 is 27.0. The van der Waals surface area contributed by atoms with Gasteiger partial charge in [0.05, 0.1) is 11.4 Å². The SMILES string of the molecule is CCC(C)CNS(=O)(=O)c1ccc(C#CCN)c(C)c1. The van der Waals surface area contributed by atoms with Crippen LogP contribution in [0.4, 0.5) is 0 Å². The second kappa shape index (κ2) is 7.44. The van der Waals surface area contributed by atoms with Crippen molar-refractivity contribution in [2.24, 2.45) is 11.7 Å². The predicted molar refractivity (Wildman–Crippen MR) is 81.8 cm³/mol. The van der Waals surface area contributed by atoms with E-state index >= 15 is 0 Å². The Bertz CT molecular complexity index is 612. The van der Waals surface area contributed by atoms with E-state index in [0.717, 1.165) is 17.5 Å². The van der Waals surface area contributed by atoms with Gasteiger partial charge in [-0.15, -0.1) is 0 Å². The molecule has 0 heterocycles. The average molecular weight is 294 g/mol. The van der Waals surface area contributed by atoms with Gasteiger partial charge in [0.2, 0.25) is 10.0 Å². The molecule has 0 aromatic heterocycles. The van der Waals surface area contributed by atoms with E-state index in [1.54, 1.807) is 18.2 Å². The molecule has 4 nitrogen and oxygen atoms in total. The van der Waals surface area contributed by atoms with Gasteiger partial charge in [-0.2, -0.15) is 0 Å². The molecular weight excluding hydrogens is 272 g/mol. The van der Waals surface area contributed by atoms with Gasteiger partial charge in [0.1, 0.15) is 0 Å². The van der Waals surface area contributed by atoms with Crippen molar-refractivity contribution in [3.8, 4) is 11.8 Å². The maximum atomic E-state index is 12.2. The standard InChI is InChI=1S/C15H22N2O2S/c1-4-12(2)11-17-20(18,19)15-8-7-14(6-5-9-16)13(3)10-15/h7-8,10,12,17H,4,9,11,16H2,1-3H3. The summed E-state index contributed by atoms with van der Waals surface area (Å²) >= 11 is 0. The maximum Gasteiger partial charge on any atom is 0.240 e. The highest BCUT2D eigenvalue weighted by atomic mass is 32.2. The number of sulfonamides is 1. The van der Waals surface area contributed by atoms with E-state index in [9.17, 15) is 8.42 Å². The van der Waals surface area contributed by atoms with Crippen molar-refractivity contribution < 1.29 is 8.42 Å². The smallest absolute Gasteiger partial charge is 0.240 e. The summed E-state index contributed by atoms with van der Waals surface area (Å²) in [6.45, 7) is 6.63. The molecule has 0 aliphatic rings. The molecule has 20 heavy (non-hydrogen) atoms. The van der Waals surface area contributed by atoms with Gasteiger partial charge in [0, 0.05) is 12.1 Å². The lowest BCUT2D eigenvalue weighted by atomic mass is 10.1. The minimum Gasteiger partial charge on any atom is -0.320 e. The Morgan fingerprint density at radius 3 is 2.65 bits per heavy atom. The number of aryl methyl sites for hydroxylation is 1. The average Bonchev–Trinajstić information content (AvgIpc) is 2.43. The maximum absolute atomic E-state index is 12.2. The highest BCUT2D eigenvalue weighted by Gasteiger charge is 2.15. The summed E-state index contributed by atoms with van der Waals surface area (Å²) in [5, 5.41) is 0. The fourth-order valence-electron chi connectivity index (χ4n) is 1.57. The number of hydrogen-bond acceptors (Lipinski definition) is 3. The van der Waals surface area contributed by atoms with Gasteiger partial charge < -0.3 is 5.73 Å². The van der Waals surface area contributed by atoms with Crippen LogP contribution in [0.2, 0.25) is 0 Å². The Morgan fingerprint density at radius 1 is 1.40 bits per heavy atom. The minimum atomic E-state index is -3.45. The normalized spacial score (nSPS) is 12.6. The first kappa shape index (κ1) is 16.7. The molecule has 1 rings (SSSR count). The first-order valence-corrected chi connectivity index (χ1v) is 8.18. The quantitative estimate of drug-likeness (QED) is 0.811. The van der Waals surface area contributed by atoms with Crippen molar-refractivity contribution in [1.82, 2.24) is 4.72 Å². The van der Waals surface area contributed by atoms with Crippen LogP contribution in [0.5, 0.6) is 0 Å². The van der Waals surface area contributed by atoms with Crippen LogP contribution in [-0.2, 0) is 10.0 Å². The molecule has 1 atom stereocenters. The van der Waals surface area contributed by atoms with E-state index in [1.807, 2.05) is 20.8 Å². The molecule has 110 valence electrons. The molecule has 0 bridgehead atoms. The van der Waals surface area contributed by atoms with Crippen LogP contribution in [0, 0.1) is 24.7 Å². The third kappa shape index (κ3) is 4.64. The zero-order chi connectivity index (χ0) is 15.2. The van der Waals surface area contributed by atoms with Crippen molar-refractivity contribution in [2.75, 3.05) is 13.1 Å². The van der Waals surface area contributed by atoms with E-state index in [0.29, 0.717) is 12.5 Å². The monoisotopic (exact) mass is 294 g/mol. The topological polar surface area (TPSA) is 72.2 Å². The molecule has 1 unspecified atom stereocenters. The first-order chi connectivity index (χ1) is 9.40. The highest BCUT2D eigenvalue weighted by molar-refractivity contribution is 7.89. The first-order valence-electron chi connectivity index (χ1n) is 6.70. The highest BCUT2D eigenvalue weighted by Crippen LogP contribution is 2.15. The van der Waals surface area contributed by atoms with E-state index in [1.165, 1.54) is 0 Å². The fraction of sp³-hybridized carbons (Fsp3) is 0.467. The lowest BCUT2D eigenvalue weighted by Gasteiger charge is -2.11. The van der Waals surface area contributed by atoms with Crippen molar-refractivity contribution >= 4 is 10.0 Å². The number of nitrogens with one attached hydrogen (secondary N) is 1. The van der Waals surface area contributed by atoms with Gasteiger partial charge >= 0.3 is 0 Å². The van der Waals surface area contributed by atoms with E-state index in [-0.39, 0.29) is 11.4 Å². The summed E-state index contributed by atoms with van der Waals surface area (Å²) in [5.41, 5.74) is 6.96. The molecule has 1 aromatic carbocycles. The summed E-state index contributed by atoms with van der Waals surface area (Å²) in [4.78, 5) is 0.275. The third-order valence-corrected chi connectivity index (χ3v) is 4.57. The van der Waals surface area contributed by atoms with E-state index < -0.39 is 10.0 Å². The van der Waals surface area contributed by atoms with E-state index in [4.69, 9.17) is 5.73 Å². The van der Waals surface area contributed by atoms with Crippen molar-refractivity contribution in [2.45, 2.75) is 32.1 Å². The van der Waals surface area contributed by atoms with Crippen LogP contribution >= 0.6 is 0 Å². The predicted octanol–water partition coefficient (Wildman–Crippen LogP) is 1.63. The molecule has 0 saturated heterocycles. The largest absolute Gasteiger partial charge is 0.320 e. The molecule has 0 fully saturated rings. The molecule has 0 amide bonds. The lowest BCUT2D eigenvalue weighted by molar-refractivity contribution is 0.528. The van der Waals surface area contributed by atoms with Crippen molar-refractivity contribution in [3.63, 3.8) is 0 Å². The summed E-state index contributed by atoms with van der Waals surface area (Å²) in [7, 11) is -3.45. The van der Waals surface area contributed by atoms with Gasteiger partial charge in [-0.1, -0.05) is 32.1 Å². The Balaban J connectivity index is 2.94. The molecule has 0 aliphatic heterocycles. The van der Waals surface area contributed by atoms with Crippen LogP contribution in [-0.4, -0.2) is 21.5 Å². The Kier molecular flexibility index (Phi) is 6.21. The Hall–Kier alpha value is -1.35. The van der Waals surface area contributed by atoms with Crippen LogP contribution in [0.3, 0.4) is 0 Å².